The van der Waals surface area contributed by atoms with Crippen LogP contribution in [0.5, 0.6) is 5.75 Å². The monoisotopic (exact) mass is 390 g/mol. The number of alkyl halides is 1. The molecular formula is C14H10Br2F2O. The molecule has 19 heavy (non-hydrogen) atoms. The van der Waals surface area contributed by atoms with E-state index in [2.05, 4.69) is 31.9 Å². The molecule has 0 atom stereocenters. The van der Waals surface area contributed by atoms with Gasteiger partial charge in [0, 0.05) is 5.33 Å². The lowest BCUT2D eigenvalue weighted by Gasteiger charge is -2.09. The van der Waals surface area contributed by atoms with Gasteiger partial charge in [0.2, 0.25) is 0 Å². The zero-order valence-electron chi connectivity index (χ0n) is 9.80. The average molecular weight is 392 g/mol. The van der Waals surface area contributed by atoms with E-state index in [1.165, 1.54) is 6.07 Å². The highest BCUT2D eigenvalue weighted by Crippen LogP contribution is 2.27. The molecule has 0 saturated heterocycles. The number of benzene rings is 2. The van der Waals surface area contributed by atoms with Crippen molar-refractivity contribution >= 4 is 31.9 Å². The van der Waals surface area contributed by atoms with Crippen molar-refractivity contribution in [2.45, 2.75) is 11.9 Å². The molecule has 1 nitrogen and oxygen atoms in total. The molecule has 0 amide bonds. The highest BCUT2D eigenvalue weighted by Gasteiger charge is 2.05. The van der Waals surface area contributed by atoms with Gasteiger partial charge in [-0.1, -0.05) is 28.1 Å². The fourth-order valence-corrected chi connectivity index (χ4v) is 2.42. The minimum atomic E-state index is -0.866. The van der Waals surface area contributed by atoms with Crippen molar-refractivity contribution in [1.29, 1.82) is 0 Å². The highest BCUT2D eigenvalue weighted by atomic mass is 79.9. The maximum atomic E-state index is 13.0. The Balaban J connectivity index is 2.07. The van der Waals surface area contributed by atoms with Gasteiger partial charge in [-0.15, -0.1) is 0 Å². The molecule has 100 valence electrons. The summed E-state index contributed by atoms with van der Waals surface area (Å²) in [5.41, 5.74) is 1.70. The normalized spacial score (nSPS) is 10.5. The van der Waals surface area contributed by atoms with E-state index >= 15 is 0 Å². The van der Waals surface area contributed by atoms with E-state index in [1.807, 2.05) is 18.2 Å². The quantitative estimate of drug-likeness (QED) is 0.650. The zero-order chi connectivity index (χ0) is 13.8. The molecule has 0 heterocycles. The van der Waals surface area contributed by atoms with Crippen LogP contribution in [0.3, 0.4) is 0 Å². The summed E-state index contributed by atoms with van der Waals surface area (Å²) in [6.45, 7) is 0.184. The summed E-state index contributed by atoms with van der Waals surface area (Å²) >= 11 is 6.78. The maximum Gasteiger partial charge on any atom is 0.159 e. The zero-order valence-corrected chi connectivity index (χ0v) is 13.0. The van der Waals surface area contributed by atoms with Gasteiger partial charge in [-0.3, -0.25) is 0 Å². The number of halogens is 4. The molecule has 0 aromatic heterocycles. The van der Waals surface area contributed by atoms with Crippen LogP contribution < -0.4 is 4.74 Å². The molecule has 2 rings (SSSR count). The Hall–Kier alpha value is -0.940. The summed E-state index contributed by atoms with van der Waals surface area (Å²) in [5, 5.41) is 0.759. The predicted molar refractivity (Wildman–Crippen MR) is 77.5 cm³/mol. The van der Waals surface area contributed by atoms with E-state index in [0.717, 1.165) is 27.5 Å². The SMILES string of the molecule is Fc1ccc(COc2ccc(CBr)cc2Br)cc1F. The summed E-state index contributed by atoms with van der Waals surface area (Å²) < 4.78 is 32.2. The molecule has 0 fully saturated rings. The Morgan fingerprint density at radius 3 is 2.32 bits per heavy atom. The summed E-state index contributed by atoms with van der Waals surface area (Å²) in [4.78, 5) is 0. The Kier molecular flexibility index (Phi) is 4.93. The summed E-state index contributed by atoms with van der Waals surface area (Å²) in [7, 11) is 0. The molecule has 0 saturated carbocycles. The van der Waals surface area contributed by atoms with Crippen LogP contribution in [0.15, 0.2) is 40.9 Å². The van der Waals surface area contributed by atoms with Crippen LogP contribution in [0.2, 0.25) is 0 Å². The number of hydrogen-bond acceptors (Lipinski definition) is 1. The standard InChI is InChI=1S/C14H10Br2F2O/c15-7-9-2-4-14(11(16)5-9)19-8-10-1-3-12(17)13(18)6-10/h1-6H,7-8H2. The van der Waals surface area contributed by atoms with Crippen LogP contribution in [0.4, 0.5) is 8.78 Å². The predicted octanol–water partition coefficient (Wildman–Crippen LogP) is 5.20. The van der Waals surface area contributed by atoms with Crippen LogP contribution in [0, 0.1) is 11.6 Å². The summed E-state index contributed by atoms with van der Waals surface area (Å²) in [6, 6.07) is 9.43. The first kappa shape index (κ1) is 14.5. The smallest absolute Gasteiger partial charge is 0.159 e. The van der Waals surface area contributed by atoms with Crippen molar-refractivity contribution in [3.8, 4) is 5.75 Å². The van der Waals surface area contributed by atoms with Crippen LogP contribution in [0.1, 0.15) is 11.1 Å². The van der Waals surface area contributed by atoms with Gasteiger partial charge in [0.05, 0.1) is 4.47 Å². The summed E-state index contributed by atoms with van der Waals surface area (Å²) in [6.07, 6.45) is 0. The van der Waals surface area contributed by atoms with Crippen LogP contribution in [-0.2, 0) is 11.9 Å². The number of rotatable bonds is 4. The van der Waals surface area contributed by atoms with Crippen molar-refractivity contribution in [3.63, 3.8) is 0 Å². The molecule has 5 heteroatoms. The van der Waals surface area contributed by atoms with Gasteiger partial charge in [-0.25, -0.2) is 8.78 Å². The Morgan fingerprint density at radius 1 is 0.947 bits per heavy atom. The first-order chi connectivity index (χ1) is 9.10. The number of hydrogen-bond donors (Lipinski definition) is 0. The molecule has 0 aliphatic rings. The highest BCUT2D eigenvalue weighted by molar-refractivity contribution is 9.10. The van der Waals surface area contributed by atoms with Crippen LogP contribution in [-0.4, -0.2) is 0 Å². The second kappa shape index (κ2) is 6.48. The van der Waals surface area contributed by atoms with Crippen molar-refractivity contribution < 1.29 is 13.5 Å². The lowest BCUT2D eigenvalue weighted by molar-refractivity contribution is 0.303. The third kappa shape index (κ3) is 3.76. The maximum absolute atomic E-state index is 13.0. The van der Waals surface area contributed by atoms with Gasteiger partial charge in [0.15, 0.2) is 11.6 Å². The fraction of sp³-hybridized carbons (Fsp3) is 0.143. The second-order valence-electron chi connectivity index (χ2n) is 3.94. The number of ether oxygens (including phenoxy) is 1. The van der Waals surface area contributed by atoms with E-state index in [9.17, 15) is 8.78 Å². The van der Waals surface area contributed by atoms with Crippen LogP contribution in [0.25, 0.3) is 0 Å². The molecule has 0 unspecified atom stereocenters. The molecule has 0 aliphatic carbocycles. The molecule has 0 N–H and O–H groups in total. The van der Waals surface area contributed by atoms with Crippen LogP contribution >= 0.6 is 31.9 Å². The van der Waals surface area contributed by atoms with Crippen molar-refractivity contribution in [3.05, 3.63) is 63.6 Å². The van der Waals surface area contributed by atoms with E-state index in [4.69, 9.17) is 4.74 Å². The van der Waals surface area contributed by atoms with Crippen molar-refractivity contribution in [2.75, 3.05) is 0 Å². The van der Waals surface area contributed by atoms with E-state index in [-0.39, 0.29) is 6.61 Å². The largest absolute Gasteiger partial charge is 0.488 e. The van der Waals surface area contributed by atoms with E-state index < -0.39 is 11.6 Å². The van der Waals surface area contributed by atoms with E-state index in [0.29, 0.717) is 11.3 Å². The van der Waals surface area contributed by atoms with Gasteiger partial charge in [0.1, 0.15) is 12.4 Å². The van der Waals surface area contributed by atoms with Gasteiger partial charge >= 0.3 is 0 Å². The first-order valence-corrected chi connectivity index (χ1v) is 7.42. The molecule has 0 radical (unpaired) electrons. The third-order valence-corrected chi connectivity index (χ3v) is 3.80. The molecule has 0 aliphatic heterocycles. The Labute approximate surface area is 126 Å². The van der Waals surface area contributed by atoms with Gasteiger partial charge < -0.3 is 4.74 Å². The second-order valence-corrected chi connectivity index (χ2v) is 5.35. The van der Waals surface area contributed by atoms with Gasteiger partial charge in [-0.2, -0.15) is 0 Å². The minimum absolute atomic E-state index is 0.184. The van der Waals surface area contributed by atoms with Gasteiger partial charge in [-0.05, 0) is 51.3 Å². The third-order valence-electron chi connectivity index (χ3n) is 2.53. The molecule has 2 aromatic rings. The van der Waals surface area contributed by atoms with Crippen molar-refractivity contribution in [2.24, 2.45) is 0 Å². The summed E-state index contributed by atoms with van der Waals surface area (Å²) in [5.74, 6) is -1.06. The minimum Gasteiger partial charge on any atom is -0.488 e. The topological polar surface area (TPSA) is 9.23 Å². The molecule has 0 bridgehead atoms. The molecule has 2 aromatic carbocycles. The molecule has 0 spiro atoms. The first-order valence-electron chi connectivity index (χ1n) is 5.51. The van der Waals surface area contributed by atoms with Gasteiger partial charge in [0.25, 0.3) is 0 Å². The Bertz CT molecular complexity index is 588. The van der Waals surface area contributed by atoms with Crippen molar-refractivity contribution in [1.82, 2.24) is 0 Å². The molecular weight excluding hydrogens is 382 g/mol. The average Bonchev–Trinajstić information content (AvgIpc) is 2.41. The lowest BCUT2D eigenvalue weighted by Crippen LogP contribution is -1.98. The lowest BCUT2D eigenvalue weighted by atomic mass is 10.2. The Morgan fingerprint density at radius 2 is 1.68 bits per heavy atom. The fourth-order valence-electron chi connectivity index (χ4n) is 1.54. The van der Waals surface area contributed by atoms with E-state index in [1.54, 1.807) is 0 Å².